The largest absolute Gasteiger partial charge is 0.342 e. The Morgan fingerprint density at radius 2 is 1.71 bits per heavy atom. The van der Waals surface area contributed by atoms with Gasteiger partial charge in [0.2, 0.25) is 5.91 Å². The van der Waals surface area contributed by atoms with Crippen LogP contribution in [-0.2, 0) is 4.79 Å². The van der Waals surface area contributed by atoms with Crippen LogP contribution in [0.4, 0.5) is 0 Å². The number of rotatable bonds is 4. The van der Waals surface area contributed by atoms with E-state index in [1.807, 2.05) is 11.8 Å². The van der Waals surface area contributed by atoms with Crippen molar-refractivity contribution in [1.82, 2.24) is 10.2 Å². The number of likely N-dealkylation sites (tertiary alicyclic amines) is 1. The molecule has 0 bridgehead atoms. The number of nitrogens with one attached hydrogen (secondary N) is 1. The molecule has 1 saturated carbocycles. The van der Waals surface area contributed by atoms with Crippen molar-refractivity contribution in [3.63, 3.8) is 0 Å². The second-order valence-electron chi connectivity index (χ2n) is 9.23. The van der Waals surface area contributed by atoms with E-state index in [1.54, 1.807) is 0 Å². The fraction of sp³-hybridized carbons (Fsp3) is 0.950. The van der Waals surface area contributed by atoms with Crippen LogP contribution in [0.1, 0.15) is 73.1 Å². The molecule has 24 heavy (non-hydrogen) atoms. The second kappa shape index (κ2) is 7.99. The summed E-state index contributed by atoms with van der Waals surface area (Å²) in [5, 5.41) is 4.19. The molecule has 1 amide bonds. The molecule has 140 valence electrons. The number of hydrogen-bond donors (Lipinski definition) is 1. The summed E-state index contributed by atoms with van der Waals surface area (Å²) in [5.41, 5.74) is 0.680. The van der Waals surface area contributed by atoms with E-state index in [-0.39, 0.29) is 5.92 Å². The van der Waals surface area contributed by atoms with Crippen molar-refractivity contribution in [3.05, 3.63) is 0 Å². The lowest BCUT2D eigenvalue weighted by molar-refractivity contribution is -0.140. The first-order valence-electron chi connectivity index (χ1n) is 9.74. The molecular weight excluding hydrogens is 316 g/mol. The molecule has 1 heterocycles. The van der Waals surface area contributed by atoms with Crippen LogP contribution in [0.2, 0.25) is 0 Å². The van der Waals surface area contributed by atoms with Crippen LogP contribution in [0, 0.1) is 16.7 Å². The molecule has 2 fully saturated rings. The van der Waals surface area contributed by atoms with Gasteiger partial charge in [0.05, 0.1) is 5.37 Å². The minimum absolute atomic E-state index is 0.270. The van der Waals surface area contributed by atoms with E-state index < -0.39 is 0 Å². The average Bonchev–Trinajstić information content (AvgIpc) is 2.54. The first-order valence-corrected chi connectivity index (χ1v) is 11.0. The van der Waals surface area contributed by atoms with E-state index in [9.17, 15) is 4.79 Å². The Morgan fingerprint density at radius 1 is 1.17 bits per heavy atom. The molecule has 1 N–H and O–H groups in total. The summed E-state index contributed by atoms with van der Waals surface area (Å²) in [7, 11) is 0. The highest BCUT2D eigenvalue weighted by Gasteiger charge is 2.41. The summed E-state index contributed by atoms with van der Waals surface area (Å²) < 4.78 is 0. The van der Waals surface area contributed by atoms with Gasteiger partial charge < -0.3 is 10.2 Å². The van der Waals surface area contributed by atoms with E-state index in [1.165, 1.54) is 0 Å². The summed E-state index contributed by atoms with van der Waals surface area (Å²) in [6.07, 6.45) is 8.85. The summed E-state index contributed by atoms with van der Waals surface area (Å²) in [6, 6.07) is 0.599. The first-order chi connectivity index (χ1) is 11.2. The van der Waals surface area contributed by atoms with Gasteiger partial charge >= 0.3 is 0 Å². The van der Waals surface area contributed by atoms with E-state index in [0.717, 1.165) is 51.6 Å². The van der Waals surface area contributed by atoms with Gasteiger partial charge in [-0.05, 0) is 62.5 Å². The van der Waals surface area contributed by atoms with Gasteiger partial charge in [-0.15, -0.1) is 11.8 Å². The fourth-order valence-electron chi connectivity index (χ4n) is 4.14. The Hall–Kier alpha value is -0.220. The summed E-state index contributed by atoms with van der Waals surface area (Å²) in [5.74, 6) is 0.703. The van der Waals surface area contributed by atoms with Gasteiger partial charge in [-0.2, -0.15) is 0 Å². The molecule has 4 heteroatoms. The predicted octanol–water partition coefficient (Wildman–Crippen LogP) is 4.52. The summed E-state index contributed by atoms with van der Waals surface area (Å²) in [4.78, 5) is 15.1. The zero-order valence-electron chi connectivity index (χ0n) is 16.7. The molecule has 0 spiro atoms. The molecule has 0 aromatic carbocycles. The van der Waals surface area contributed by atoms with Gasteiger partial charge in [-0.1, -0.05) is 27.7 Å². The highest BCUT2D eigenvalue weighted by molar-refractivity contribution is 7.99. The Kier molecular flexibility index (Phi) is 6.69. The minimum Gasteiger partial charge on any atom is -0.342 e. The number of nitrogens with zero attached hydrogens (tertiary/aromatic N) is 1. The maximum Gasteiger partial charge on any atom is 0.225 e. The molecule has 1 saturated heterocycles. The van der Waals surface area contributed by atoms with Gasteiger partial charge in [0.1, 0.15) is 0 Å². The Bertz CT molecular complexity index is 416. The molecule has 1 atom stereocenters. The van der Waals surface area contributed by atoms with Crippen LogP contribution < -0.4 is 5.32 Å². The van der Waals surface area contributed by atoms with Crippen molar-refractivity contribution >= 4 is 17.7 Å². The number of carbonyl (C=O) groups excluding carboxylic acids is 1. The van der Waals surface area contributed by atoms with Crippen LogP contribution in [0.25, 0.3) is 0 Å². The first kappa shape index (κ1) is 20.1. The van der Waals surface area contributed by atoms with E-state index in [2.05, 4.69) is 51.1 Å². The molecule has 2 aliphatic rings. The highest BCUT2D eigenvalue weighted by atomic mass is 32.2. The Labute approximate surface area is 153 Å². The molecule has 1 aliphatic heterocycles. The van der Waals surface area contributed by atoms with Crippen molar-refractivity contribution in [1.29, 1.82) is 0 Å². The van der Waals surface area contributed by atoms with Crippen molar-refractivity contribution < 1.29 is 4.79 Å². The molecular formula is C20H38N2OS. The average molecular weight is 355 g/mol. The maximum atomic E-state index is 12.9. The molecule has 0 aromatic rings. The molecule has 2 rings (SSSR count). The zero-order valence-corrected chi connectivity index (χ0v) is 17.5. The third-order valence-electron chi connectivity index (χ3n) is 6.89. The van der Waals surface area contributed by atoms with Crippen LogP contribution >= 0.6 is 11.8 Å². The number of amides is 1. The molecule has 3 nitrogen and oxygen atoms in total. The lowest BCUT2D eigenvalue weighted by atomic mass is 9.63. The SMILES string of the molecule is CSC(C)NC1CCC(C(=O)N2CCC(C)(C(C)(C)C)CC2)CC1. The van der Waals surface area contributed by atoms with Gasteiger partial charge in [-0.25, -0.2) is 0 Å². The van der Waals surface area contributed by atoms with E-state index >= 15 is 0 Å². The second-order valence-corrected chi connectivity index (χ2v) is 10.4. The number of carbonyl (C=O) groups is 1. The highest BCUT2D eigenvalue weighted by Crippen LogP contribution is 2.46. The van der Waals surface area contributed by atoms with Crippen molar-refractivity contribution in [2.24, 2.45) is 16.7 Å². The third-order valence-corrected chi connectivity index (χ3v) is 7.73. The maximum absolute atomic E-state index is 12.9. The van der Waals surface area contributed by atoms with E-state index in [0.29, 0.717) is 28.2 Å². The lowest BCUT2D eigenvalue weighted by Gasteiger charge is -2.48. The van der Waals surface area contributed by atoms with Crippen molar-refractivity contribution in [3.8, 4) is 0 Å². The number of thioether (sulfide) groups is 1. The summed E-state index contributed by atoms with van der Waals surface area (Å²) in [6.45, 7) is 13.6. The van der Waals surface area contributed by atoms with Gasteiger partial charge in [0.15, 0.2) is 0 Å². The van der Waals surface area contributed by atoms with Crippen LogP contribution in [0.5, 0.6) is 0 Å². The van der Waals surface area contributed by atoms with Crippen molar-refractivity contribution in [2.75, 3.05) is 19.3 Å². The van der Waals surface area contributed by atoms with Gasteiger partial charge in [0, 0.05) is 25.0 Å². The summed E-state index contributed by atoms with van der Waals surface area (Å²) >= 11 is 1.86. The molecule has 0 aromatic heterocycles. The third kappa shape index (κ3) is 4.69. The topological polar surface area (TPSA) is 32.3 Å². The predicted molar refractivity (Wildman–Crippen MR) is 105 cm³/mol. The molecule has 1 unspecified atom stereocenters. The fourth-order valence-corrected chi connectivity index (χ4v) is 4.46. The minimum atomic E-state index is 0.270. The van der Waals surface area contributed by atoms with Gasteiger partial charge in [-0.3, -0.25) is 4.79 Å². The van der Waals surface area contributed by atoms with Crippen LogP contribution in [0.15, 0.2) is 0 Å². The smallest absolute Gasteiger partial charge is 0.225 e. The normalized spacial score (nSPS) is 29.3. The number of hydrogen-bond acceptors (Lipinski definition) is 3. The van der Waals surface area contributed by atoms with Crippen molar-refractivity contribution in [2.45, 2.75) is 84.6 Å². The Balaban J connectivity index is 1.80. The number of piperidine rings is 1. The molecule has 0 radical (unpaired) electrons. The lowest BCUT2D eigenvalue weighted by Crippen LogP contribution is -2.49. The van der Waals surface area contributed by atoms with Gasteiger partial charge in [0.25, 0.3) is 0 Å². The standard InChI is InChI=1S/C20H38N2OS/c1-15(24-6)21-17-9-7-16(8-10-17)18(23)22-13-11-20(5,12-14-22)19(2,3)4/h15-17,21H,7-14H2,1-6H3. The van der Waals surface area contributed by atoms with Crippen LogP contribution in [-0.4, -0.2) is 41.6 Å². The van der Waals surface area contributed by atoms with Crippen LogP contribution in [0.3, 0.4) is 0 Å². The van der Waals surface area contributed by atoms with E-state index in [4.69, 9.17) is 0 Å². The Morgan fingerprint density at radius 3 is 2.17 bits per heavy atom. The monoisotopic (exact) mass is 354 g/mol. The quantitative estimate of drug-likeness (QED) is 0.753. The zero-order chi connectivity index (χ0) is 18.0. The molecule has 1 aliphatic carbocycles.